The summed E-state index contributed by atoms with van der Waals surface area (Å²) >= 11 is 5.62. The standard InChI is InChI=1S/C21H27N3O3S2/c1-17(2)24(16-18-6-4-3-5-7-18)21(28)22-19-8-10-20(11-9-19)29(25,26)23-12-14-27-15-13-23/h3-11,17H,12-16H2,1-2H3,(H,22,28). The number of thiocarbonyl (C=S) groups is 1. The topological polar surface area (TPSA) is 61.9 Å². The third-order valence-corrected chi connectivity index (χ3v) is 7.04. The van der Waals surface area contributed by atoms with Crippen molar-refractivity contribution in [3.63, 3.8) is 0 Å². The second-order valence-corrected chi connectivity index (χ2v) is 9.50. The minimum absolute atomic E-state index is 0.219. The van der Waals surface area contributed by atoms with Crippen LogP contribution in [0.5, 0.6) is 0 Å². The van der Waals surface area contributed by atoms with Crippen molar-refractivity contribution in [3.05, 3.63) is 60.2 Å². The fourth-order valence-corrected chi connectivity index (χ4v) is 4.91. The van der Waals surface area contributed by atoms with Crippen molar-refractivity contribution < 1.29 is 13.2 Å². The van der Waals surface area contributed by atoms with E-state index in [1.54, 1.807) is 24.3 Å². The van der Waals surface area contributed by atoms with Gasteiger partial charge in [0, 0.05) is 31.4 Å². The number of ether oxygens (including phenoxy) is 1. The lowest BCUT2D eigenvalue weighted by molar-refractivity contribution is 0.0730. The highest BCUT2D eigenvalue weighted by Crippen LogP contribution is 2.20. The fourth-order valence-electron chi connectivity index (χ4n) is 3.11. The molecule has 2 aromatic carbocycles. The molecule has 0 saturated carbocycles. The number of sulfonamides is 1. The number of rotatable bonds is 6. The Kier molecular flexibility index (Phi) is 7.23. The van der Waals surface area contributed by atoms with Crippen molar-refractivity contribution in [2.24, 2.45) is 0 Å². The van der Waals surface area contributed by atoms with Gasteiger partial charge in [-0.25, -0.2) is 8.42 Å². The van der Waals surface area contributed by atoms with Gasteiger partial charge in [0.25, 0.3) is 0 Å². The zero-order valence-electron chi connectivity index (χ0n) is 16.7. The maximum Gasteiger partial charge on any atom is 0.243 e. The highest BCUT2D eigenvalue weighted by atomic mass is 32.2. The molecule has 0 bridgehead atoms. The average molecular weight is 434 g/mol. The van der Waals surface area contributed by atoms with E-state index in [-0.39, 0.29) is 10.9 Å². The van der Waals surface area contributed by atoms with E-state index in [1.165, 1.54) is 9.87 Å². The van der Waals surface area contributed by atoms with Crippen LogP contribution in [-0.4, -0.2) is 55.1 Å². The van der Waals surface area contributed by atoms with Crippen molar-refractivity contribution >= 4 is 33.0 Å². The first kappa shape index (κ1) is 21.7. The van der Waals surface area contributed by atoms with Crippen LogP contribution in [0.2, 0.25) is 0 Å². The second kappa shape index (κ2) is 9.67. The molecule has 0 aliphatic carbocycles. The molecule has 156 valence electrons. The largest absolute Gasteiger partial charge is 0.379 e. The van der Waals surface area contributed by atoms with Gasteiger partial charge in [-0.2, -0.15) is 4.31 Å². The van der Waals surface area contributed by atoms with Gasteiger partial charge in [0.05, 0.1) is 18.1 Å². The van der Waals surface area contributed by atoms with Crippen LogP contribution >= 0.6 is 12.2 Å². The lowest BCUT2D eigenvalue weighted by Gasteiger charge is -2.30. The van der Waals surface area contributed by atoms with Crippen LogP contribution in [0.3, 0.4) is 0 Å². The number of hydrogen-bond acceptors (Lipinski definition) is 4. The Labute approximate surface area is 178 Å². The van der Waals surface area contributed by atoms with E-state index in [0.717, 1.165) is 5.69 Å². The summed E-state index contributed by atoms with van der Waals surface area (Å²) in [6.45, 7) is 6.52. The van der Waals surface area contributed by atoms with Crippen LogP contribution in [-0.2, 0) is 21.3 Å². The van der Waals surface area contributed by atoms with E-state index in [1.807, 2.05) is 18.2 Å². The SMILES string of the molecule is CC(C)N(Cc1ccccc1)C(=S)Nc1ccc(S(=O)(=O)N2CCOCC2)cc1. The van der Waals surface area contributed by atoms with Crippen molar-refractivity contribution in [2.45, 2.75) is 31.3 Å². The quantitative estimate of drug-likeness (QED) is 0.706. The van der Waals surface area contributed by atoms with Crippen molar-refractivity contribution in [1.29, 1.82) is 0 Å². The number of benzene rings is 2. The van der Waals surface area contributed by atoms with Crippen LogP contribution in [0.1, 0.15) is 19.4 Å². The number of hydrogen-bond donors (Lipinski definition) is 1. The molecular weight excluding hydrogens is 406 g/mol. The van der Waals surface area contributed by atoms with Crippen LogP contribution in [0, 0.1) is 0 Å². The summed E-state index contributed by atoms with van der Waals surface area (Å²) in [5.74, 6) is 0. The van der Waals surface area contributed by atoms with Crippen LogP contribution in [0.15, 0.2) is 59.5 Å². The molecule has 0 atom stereocenters. The molecular formula is C21H27N3O3S2. The van der Waals surface area contributed by atoms with Crippen LogP contribution in [0.4, 0.5) is 5.69 Å². The molecule has 0 spiro atoms. The Morgan fingerprint density at radius 1 is 1.10 bits per heavy atom. The van der Waals surface area contributed by atoms with E-state index in [2.05, 4.69) is 36.2 Å². The summed E-state index contributed by atoms with van der Waals surface area (Å²) in [7, 11) is -3.50. The normalized spacial score (nSPS) is 15.3. The maximum atomic E-state index is 12.7. The first-order chi connectivity index (χ1) is 13.9. The number of morpholine rings is 1. The van der Waals surface area contributed by atoms with Crippen molar-refractivity contribution in [3.8, 4) is 0 Å². The van der Waals surface area contributed by atoms with Gasteiger partial charge < -0.3 is 15.0 Å². The molecule has 1 aliphatic rings. The molecule has 0 aromatic heterocycles. The summed E-state index contributed by atoms with van der Waals surface area (Å²) in [6.07, 6.45) is 0. The molecule has 1 fully saturated rings. The molecule has 3 rings (SSSR count). The minimum Gasteiger partial charge on any atom is -0.379 e. The first-order valence-corrected chi connectivity index (χ1v) is 11.5. The van der Waals surface area contributed by atoms with E-state index in [9.17, 15) is 8.42 Å². The molecule has 0 amide bonds. The van der Waals surface area contributed by atoms with E-state index >= 15 is 0 Å². The predicted octanol–water partition coefficient (Wildman–Crippen LogP) is 3.31. The van der Waals surface area contributed by atoms with Gasteiger partial charge in [-0.3, -0.25) is 0 Å². The van der Waals surface area contributed by atoms with Crippen LogP contribution < -0.4 is 5.32 Å². The highest BCUT2D eigenvalue weighted by Gasteiger charge is 2.26. The smallest absolute Gasteiger partial charge is 0.243 e. The lowest BCUT2D eigenvalue weighted by Crippen LogP contribution is -2.40. The second-order valence-electron chi connectivity index (χ2n) is 7.18. The van der Waals surface area contributed by atoms with Crippen molar-refractivity contribution in [2.75, 3.05) is 31.6 Å². The van der Waals surface area contributed by atoms with Gasteiger partial charge in [0.2, 0.25) is 10.0 Å². The Balaban J connectivity index is 1.68. The molecule has 8 heteroatoms. The predicted molar refractivity (Wildman–Crippen MR) is 119 cm³/mol. The van der Waals surface area contributed by atoms with E-state index in [4.69, 9.17) is 17.0 Å². The lowest BCUT2D eigenvalue weighted by atomic mass is 10.2. The first-order valence-electron chi connectivity index (χ1n) is 9.67. The van der Waals surface area contributed by atoms with Gasteiger partial charge in [0.1, 0.15) is 0 Å². The summed E-state index contributed by atoms with van der Waals surface area (Å²) < 4.78 is 32.2. The molecule has 6 nitrogen and oxygen atoms in total. The average Bonchev–Trinajstić information content (AvgIpc) is 2.73. The molecule has 1 heterocycles. The molecule has 2 aromatic rings. The summed E-state index contributed by atoms with van der Waals surface area (Å²) in [6, 6.07) is 17.1. The molecule has 29 heavy (non-hydrogen) atoms. The minimum atomic E-state index is -3.50. The zero-order valence-corrected chi connectivity index (χ0v) is 18.4. The molecule has 0 unspecified atom stereocenters. The van der Waals surface area contributed by atoms with Gasteiger partial charge in [0.15, 0.2) is 5.11 Å². The molecule has 1 saturated heterocycles. The summed E-state index contributed by atoms with van der Waals surface area (Å²) in [5, 5.41) is 3.84. The molecule has 0 radical (unpaired) electrons. The Morgan fingerprint density at radius 2 is 1.72 bits per heavy atom. The molecule has 1 aliphatic heterocycles. The Hall–Kier alpha value is -2.00. The third-order valence-electron chi connectivity index (χ3n) is 4.79. The molecule has 1 N–H and O–H groups in total. The van der Waals surface area contributed by atoms with E-state index < -0.39 is 10.0 Å². The van der Waals surface area contributed by atoms with Crippen molar-refractivity contribution in [1.82, 2.24) is 9.21 Å². The fraction of sp³-hybridized carbons (Fsp3) is 0.381. The Morgan fingerprint density at radius 3 is 2.31 bits per heavy atom. The Bertz CT molecular complexity index is 910. The van der Waals surface area contributed by atoms with E-state index in [0.29, 0.717) is 38.0 Å². The van der Waals surface area contributed by atoms with Gasteiger partial charge in [-0.15, -0.1) is 0 Å². The maximum absolute atomic E-state index is 12.7. The number of nitrogens with zero attached hydrogens (tertiary/aromatic N) is 2. The highest BCUT2D eigenvalue weighted by molar-refractivity contribution is 7.89. The summed E-state index contributed by atoms with van der Waals surface area (Å²) in [5.41, 5.74) is 1.94. The monoisotopic (exact) mass is 433 g/mol. The number of nitrogens with one attached hydrogen (secondary N) is 1. The third kappa shape index (κ3) is 5.54. The number of anilines is 1. The zero-order chi connectivity index (χ0) is 20.9. The van der Waals surface area contributed by atoms with Gasteiger partial charge in [-0.05, 0) is 55.9 Å². The van der Waals surface area contributed by atoms with Gasteiger partial charge >= 0.3 is 0 Å². The van der Waals surface area contributed by atoms with Gasteiger partial charge in [-0.1, -0.05) is 30.3 Å². The summed E-state index contributed by atoms with van der Waals surface area (Å²) in [4.78, 5) is 2.38. The van der Waals surface area contributed by atoms with Crippen LogP contribution in [0.25, 0.3) is 0 Å².